The second kappa shape index (κ2) is 6.08. The third-order valence-electron chi connectivity index (χ3n) is 5.61. The molecule has 26 heavy (non-hydrogen) atoms. The van der Waals surface area contributed by atoms with Crippen LogP contribution in [0, 0.1) is 6.92 Å². The molecule has 0 amide bonds. The number of ether oxygens (including phenoxy) is 1. The third kappa shape index (κ3) is 2.64. The molecule has 3 atom stereocenters. The molecule has 0 saturated heterocycles. The minimum absolute atomic E-state index is 0.326. The summed E-state index contributed by atoms with van der Waals surface area (Å²) in [4.78, 5) is 0.326. The standard InChI is InChI=1S/C20H23NO4S/c1-13-4-3-5-16(10-13)26(23,24)18-12-20(18)19(22)17-7-6-15(25-2)11-14(17)8-9-21-20/h3-7,10-11,18-19,21-22H,8-9,12H2,1-2H3. The quantitative estimate of drug-likeness (QED) is 0.862. The van der Waals surface area contributed by atoms with E-state index < -0.39 is 26.7 Å². The van der Waals surface area contributed by atoms with Gasteiger partial charge in [-0.15, -0.1) is 0 Å². The Bertz CT molecular complexity index is 956. The zero-order chi connectivity index (χ0) is 18.5. The fourth-order valence-corrected chi connectivity index (χ4v) is 6.27. The zero-order valence-corrected chi connectivity index (χ0v) is 15.7. The maximum atomic E-state index is 13.1. The van der Waals surface area contributed by atoms with E-state index in [0.29, 0.717) is 17.9 Å². The molecule has 0 aromatic heterocycles. The highest BCUT2D eigenvalue weighted by Crippen LogP contribution is 2.53. The molecular formula is C20H23NO4S. The minimum Gasteiger partial charge on any atom is -0.497 e. The second-order valence-electron chi connectivity index (χ2n) is 7.24. The number of fused-ring (bicyclic) bond motifs is 1. The lowest BCUT2D eigenvalue weighted by molar-refractivity contribution is 0.120. The first-order chi connectivity index (χ1) is 12.4. The average molecular weight is 373 g/mol. The first-order valence-electron chi connectivity index (χ1n) is 8.79. The number of rotatable bonds is 3. The van der Waals surface area contributed by atoms with Gasteiger partial charge in [-0.3, -0.25) is 0 Å². The molecule has 1 fully saturated rings. The predicted molar refractivity (Wildman–Crippen MR) is 99.2 cm³/mol. The Morgan fingerprint density at radius 3 is 2.77 bits per heavy atom. The van der Waals surface area contributed by atoms with Crippen molar-refractivity contribution in [2.24, 2.45) is 0 Å². The average Bonchev–Trinajstić information content (AvgIpc) is 3.39. The van der Waals surface area contributed by atoms with Gasteiger partial charge in [0.15, 0.2) is 9.84 Å². The minimum atomic E-state index is -3.51. The van der Waals surface area contributed by atoms with Crippen molar-refractivity contribution in [3.05, 3.63) is 59.2 Å². The molecule has 138 valence electrons. The second-order valence-corrected chi connectivity index (χ2v) is 9.37. The number of sulfone groups is 1. The summed E-state index contributed by atoms with van der Waals surface area (Å²) in [5.41, 5.74) is 1.88. The molecule has 1 aliphatic carbocycles. The lowest BCUT2D eigenvalue weighted by Crippen LogP contribution is -2.41. The van der Waals surface area contributed by atoms with Crippen LogP contribution in [-0.4, -0.2) is 38.0 Å². The van der Waals surface area contributed by atoms with Crippen LogP contribution in [0.4, 0.5) is 0 Å². The predicted octanol–water partition coefficient (Wildman–Crippen LogP) is 2.17. The molecule has 6 heteroatoms. The van der Waals surface area contributed by atoms with Crippen molar-refractivity contribution in [2.75, 3.05) is 13.7 Å². The smallest absolute Gasteiger partial charge is 0.183 e. The molecule has 1 saturated carbocycles. The van der Waals surface area contributed by atoms with E-state index in [4.69, 9.17) is 4.74 Å². The maximum Gasteiger partial charge on any atom is 0.183 e. The number of methoxy groups -OCH3 is 1. The molecule has 1 spiro atoms. The lowest BCUT2D eigenvalue weighted by Gasteiger charge is -2.24. The van der Waals surface area contributed by atoms with Crippen LogP contribution >= 0.6 is 0 Å². The van der Waals surface area contributed by atoms with E-state index in [1.165, 1.54) is 0 Å². The van der Waals surface area contributed by atoms with Gasteiger partial charge in [0.25, 0.3) is 0 Å². The van der Waals surface area contributed by atoms with Crippen LogP contribution in [-0.2, 0) is 16.3 Å². The van der Waals surface area contributed by atoms with Crippen LogP contribution in [0.3, 0.4) is 0 Å². The lowest BCUT2D eigenvalue weighted by atomic mass is 9.96. The molecule has 2 aliphatic rings. The molecule has 2 aromatic rings. The number of aryl methyl sites for hydroxylation is 1. The van der Waals surface area contributed by atoms with Gasteiger partial charge in [0, 0.05) is 0 Å². The number of aliphatic hydroxyl groups is 1. The van der Waals surface area contributed by atoms with E-state index in [-0.39, 0.29) is 0 Å². The number of hydrogen-bond donors (Lipinski definition) is 2. The Balaban J connectivity index is 1.70. The van der Waals surface area contributed by atoms with Gasteiger partial charge in [0.1, 0.15) is 5.75 Å². The van der Waals surface area contributed by atoms with Crippen molar-refractivity contribution in [3.8, 4) is 5.75 Å². The SMILES string of the molecule is COc1ccc2c(c1)CCNC1(CC1S(=O)(=O)c1cccc(C)c1)C2O. The van der Waals surface area contributed by atoms with Crippen molar-refractivity contribution in [1.29, 1.82) is 0 Å². The summed E-state index contributed by atoms with van der Waals surface area (Å²) in [5.74, 6) is 0.742. The van der Waals surface area contributed by atoms with Gasteiger partial charge in [-0.05, 0) is 67.3 Å². The van der Waals surface area contributed by atoms with Crippen LogP contribution in [0.25, 0.3) is 0 Å². The van der Waals surface area contributed by atoms with Gasteiger partial charge in [0.05, 0.1) is 28.9 Å². The van der Waals surface area contributed by atoms with E-state index in [9.17, 15) is 13.5 Å². The van der Waals surface area contributed by atoms with Crippen molar-refractivity contribution in [3.63, 3.8) is 0 Å². The number of benzene rings is 2. The van der Waals surface area contributed by atoms with Crippen LogP contribution < -0.4 is 10.1 Å². The number of nitrogens with one attached hydrogen (secondary N) is 1. The monoisotopic (exact) mass is 373 g/mol. The zero-order valence-electron chi connectivity index (χ0n) is 14.9. The van der Waals surface area contributed by atoms with Gasteiger partial charge < -0.3 is 15.2 Å². The fourth-order valence-electron chi connectivity index (χ4n) is 4.06. The Hall–Kier alpha value is -1.89. The normalized spacial score (nSPS) is 27.7. The number of hydrogen-bond acceptors (Lipinski definition) is 5. The molecule has 2 N–H and O–H groups in total. The van der Waals surface area contributed by atoms with Gasteiger partial charge in [-0.1, -0.05) is 18.2 Å². The molecular weight excluding hydrogens is 350 g/mol. The molecule has 0 bridgehead atoms. The fraction of sp³-hybridized carbons (Fsp3) is 0.400. The van der Waals surface area contributed by atoms with Gasteiger partial charge in [-0.25, -0.2) is 8.42 Å². The van der Waals surface area contributed by atoms with Crippen molar-refractivity contribution >= 4 is 9.84 Å². The van der Waals surface area contributed by atoms with Crippen LogP contribution in [0.1, 0.15) is 29.2 Å². The number of aliphatic hydroxyl groups excluding tert-OH is 1. The first kappa shape index (κ1) is 17.5. The molecule has 5 nitrogen and oxygen atoms in total. The van der Waals surface area contributed by atoms with Crippen LogP contribution in [0.15, 0.2) is 47.4 Å². The Kier molecular flexibility index (Phi) is 4.10. The summed E-state index contributed by atoms with van der Waals surface area (Å²) in [6.07, 6.45) is 0.272. The highest BCUT2D eigenvalue weighted by molar-refractivity contribution is 7.92. The van der Waals surface area contributed by atoms with Crippen LogP contribution in [0.2, 0.25) is 0 Å². The highest BCUT2D eigenvalue weighted by atomic mass is 32.2. The largest absolute Gasteiger partial charge is 0.497 e. The summed E-state index contributed by atoms with van der Waals surface area (Å²) in [5, 5.41) is 13.8. The Morgan fingerprint density at radius 1 is 1.23 bits per heavy atom. The van der Waals surface area contributed by atoms with Gasteiger partial charge in [0.2, 0.25) is 0 Å². The van der Waals surface area contributed by atoms with Crippen molar-refractivity contribution in [1.82, 2.24) is 5.32 Å². The van der Waals surface area contributed by atoms with E-state index in [1.807, 2.05) is 31.2 Å². The summed E-state index contributed by atoms with van der Waals surface area (Å²) >= 11 is 0. The van der Waals surface area contributed by atoms with E-state index >= 15 is 0 Å². The Morgan fingerprint density at radius 2 is 2.04 bits per heavy atom. The summed E-state index contributed by atoms with van der Waals surface area (Å²) in [7, 11) is -1.90. The third-order valence-corrected chi connectivity index (χ3v) is 7.86. The molecule has 1 heterocycles. The molecule has 3 unspecified atom stereocenters. The summed E-state index contributed by atoms with van der Waals surface area (Å²) in [6, 6.07) is 12.6. The van der Waals surface area contributed by atoms with Crippen molar-refractivity contribution in [2.45, 2.75) is 41.6 Å². The molecule has 4 rings (SSSR count). The van der Waals surface area contributed by atoms with E-state index in [1.54, 1.807) is 25.3 Å². The topological polar surface area (TPSA) is 75.6 Å². The molecule has 2 aromatic carbocycles. The highest BCUT2D eigenvalue weighted by Gasteiger charge is 2.66. The molecule has 0 radical (unpaired) electrons. The van der Waals surface area contributed by atoms with Crippen molar-refractivity contribution < 1.29 is 18.3 Å². The Labute approximate surface area is 153 Å². The summed E-state index contributed by atoms with van der Waals surface area (Å²) < 4.78 is 31.5. The van der Waals surface area contributed by atoms with E-state index in [2.05, 4.69) is 5.32 Å². The first-order valence-corrected chi connectivity index (χ1v) is 10.3. The maximum absolute atomic E-state index is 13.1. The van der Waals surface area contributed by atoms with E-state index in [0.717, 1.165) is 28.9 Å². The van der Waals surface area contributed by atoms with Gasteiger partial charge >= 0.3 is 0 Å². The summed E-state index contributed by atoms with van der Waals surface area (Å²) in [6.45, 7) is 2.50. The van der Waals surface area contributed by atoms with Crippen LogP contribution in [0.5, 0.6) is 5.75 Å². The molecule has 1 aliphatic heterocycles. The van der Waals surface area contributed by atoms with Gasteiger partial charge in [-0.2, -0.15) is 0 Å².